The van der Waals surface area contributed by atoms with Crippen LogP contribution in [0.3, 0.4) is 0 Å². The Morgan fingerprint density at radius 1 is 1.29 bits per heavy atom. The Kier molecular flexibility index (Phi) is 4.27. The molecule has 110 valence electrons. The Balaban J connectivity index is 1.97. The van der Waals surface area contributed by atoms with E-state index in [-0.39, 0.29) is 18.0 Å². The third kappa shape index (κ3) is 3.85. The molecule has 2 aromatic rings. The molecule has 1 amide bonds. The lowest BCUT2D eigenvalue weighted by Gasteiger charge is -2.07. The molecule has 0 saturated heterocycles. The van der Waals surface area contributed by atoms with Crippen LogP contribution in [0.5, 0.6) is 5.75 Å². The third-order valence-corrected chi connectivity index (χ3v) is 2.80. The zero-order valence-electron chi connectivity index (χ0n) is 11.8. The van der Waals surface area contributed by atoms with Crippen molar-refractivity contribution in [3.63, 3.8) is 0 Å². The number of nitrogens with one attached hydrogen (secondary N) is 2. The number of carbonyl (C=O) groups excluding carboxylic acids is 1. The number of aromatic amines is 1. The van der Waals surface area contributed by atoms with Gasteiger partial charge in [-0.3, -0.25) is 4.79 Å². The zero-order valence-corrected chi connectivity index (χ0v) is 11.8. The molecule has 1 aromatic carbocycles. The SMILES string of the molecule is Cc1cccc(OCC(=O)Nc2cc(C)[nH]c2C(=O)O)c1. The van der Waals surface area contributed by atoms with Crippen molar-refractivity contribution in [3.8, 4) is 5.75 Å². The molecule has 2 rings (SSSR count). The Labute approximate surface area is 121 Å². The van der Waals surface area contributed by atoms with Gasteiger partial charge in [0.1, 0.15) is 11.4 Å². The van der Waals surface area contributed by atoms with Crippen LogP contribution in [0.1, 0.15) is 21.7 Å². The summed E-state index contributed by atoms with van der Waals surface area (Å²) in [7, 11) is 0. The van der Waals surface area contributed by atoms with E-state index in [1.807, 2.05) is 25.1 Å². The standard InChI is InChI=1S/C15H16N2O4/c1-9-4-3-5-11(6-9)21-8-13(18)17-12-7-10(2)16-14(12)15(19)20/h3-7,16H,8H2,1-2H3,(H,17,18)(H,19,20). The first kappa shape index (κ1) is 14.6. The van der Waals surface area contributed by atoms with Crippen LogP contribution >= 0.6 is 0 Å². The van der Waals surface area contributed by atoms with E-state index in [4.69, 9.17) is 9.84 Å². The smallest absolute Gasteiger partial charge is 0.354 e. The van der Waals surface area contributed by atoms with Crippen LogP contribution in [0.25, 0.3) is 0 Å². The molecular weight excluding hydrogens is 272 g/mol. The molecule has 21 heavy (non-hydrogen) atoms. The van der Waals surface area contributed by atoms with Crippen LogP contribution in [0, 0.1) is 13.8 Å². The van der Waals surface area contributed by atoms with Crippen LogP contribution in [0.2, 0.25) is 0 Å². The number of carboxylic acid groups (broad SMARTS) is 1. The fraction of sp³-hybridized carbons (Fsp3) is 0.200. The molecule has 0 fully saturated rings. The maximum atomic E-state index is 11.8. The number of aromatic nitrogens is 1. The summed E-state index contributed by atoms with van der Waals surface area (Å²) in [5.41, 5.74) is 1.87. The number of carbonyl (C=O) groups is 2. The monoisotopic (exact) mass is 288 g/mol. The number of aryl methyl sites for hydroxylation is 2. The maximum Gasteiger partial charge on any atom is 0.354 e. The number of hydrogen-bond donors (Lipinski definition) is 3. The third-order valence-electron chi connectivity index (χ3n) is 2.80. The normalized spacial score (nSPS) is 10.2. The number of benzene rings is 1. The van der Waals surface area contributed by atoms with Gasteiger partial charge in [0.15, 0.2) is 6.61 Å². The number of carboxylic acids is 1. The predicted octanol–water partition coefficient (Wildman–Crippen LogP) is 2.35. The van der Waals surface area contributed by atoms with E-state index >= 15 is 0 Å². The minimum atomic E-state index is -1.13. The molecule has 0 bridgehead atoms. The molecule has 0 aliphatic heterocycles. The zero-order chi connectivity index (χ0) is 15.4. The van der Waals surface area contributed by atoms with Gasteiger partial charge in [-0.1, -0.05) is 12.1 Å². The van der Waals surface area contributed by atoms with E-state index in [0.29, 0.717) is 11.4 Å². The van der Waals surface area contributed by atoms with E-state index < -0.39 is 11.9 Å². The summed E-state index contributed by atoms with van der Waals surface area (Å²) >= 11 is 0. The Morgan fingerprint density at radius 3 is 2.71 bits per heavy atom. The summed E-state index contributed by atoms with van der Waals surface area (Å²) in [6.07, 6.45) is 0. The first-order valence-corrected chi connectivity index (χ1v) is 6.38. The second kappa shape index (κ2) is 6.13. The van der Waals surface area contributed by atoms with Gasteiger partial charge in [-0.05, 0) is 37.6 Å². The molecule has 0 atom stereocenters. The van der Waals surface area contributed by atoms with Crippen molar-refractivity contribution in [2.45, 2.75) is 13.8 Å². The van der Waals surface area contributed by atoms with Crippen molar-refractivity contribution in [1.29, 1.82) is 0 Å². The van der Waals surface area contributed by atoms with Crippen LogP contribution in [0.4, 0.5) is 5.69 Å². The van der Waals surface area contributed by atoms with Gasteiger partial charge in [0.25, 0.3) is 5.91 Å². The van der Waals surface area contributed by atoms with Crippen molar-refractivity contribution in [1.82, 2.24) is 4.98 Å². The quantitative estimate of drug-likeness (QED) is 0.787. The van der Waals surface area contributed by atoms with Gasteiger partial charge in [0.05, 0.1) is 5.69 Å². The van der Waals surface area contributed by atoms with E-state index in [1.54, 1.807) is 19.1 Å². The van der Waals surface area contributed by atoms with E-state index in [2.05, 4.69) is 10.3 Å². The molecule has 1 aromatic heterocycles. The highest BCUT2D eigenvalue weighted by Gasteiger charge is 2.15. The van der Waals surface area contributed by atoms with Crippen molar-refractivity contribution in [3.05, 3.63) is 47.3 Å². The minimum Gasteiger partial charge on any atom is -0.484 e. The molecule has 0 spiro atoms. The van der Waals surface area contributed by atoms with Crippen molar-refractivity contribution < 1.29 is 19.4 Å². The molecular formula is C15H16N2O4. The lowest BCUT2D eigenvalue weighted by atomic mass is 10.2. The summed E-state index contributed by atoms with van der Waals surface area (Å²) < 4.78 is 5.36. The first-order valence-electron chi connectivity index (χ1n) is 6.38. The second-order valence-corrected chi connectivity index (χ2v) is 4.70. The summed E-state index contributed by atoms with van der Waals surface area (Å²) in [5, 5.41) is 11.5. The average molecular weight is 288 g/mol. The van der Waals surface area contributed by atoms with E-state index in [0.717, 1.165) is 5.56 Å². The van der Waals surface area contributed by atoms with Crippen LogP contribution in [-0.2, 0) is 4.79 Å². The topological polar surface area (TPSA) is 91.4 Å². The first-order chi connectivity index (χ1) is 9.95. The highest BCUT2D eigenvalue weighted by atomic mass is 16.5. The maximum absolute atomic E-state index is 11.8. The molecule has 6 heteroatoms. The molecule has 3 N–H and O–H groups in total. The van der Waals surface area contributed by atoms with E-state index in [1.165, 1.54) is 0 Å². The van der Waals surface area contributed by atoms with Crippen LogP contribution < -0.4 is 10.1 Å². The average Bonchev–Trinajstić information content (AvgIpc) is 2.77. The molecule has 0 saturated carbocycles. The number of anilines is 1. The summed E-state index contributed by atoms with van der Waals surface area (Å²) in [6, 6.07) is 8.89. The lowest BCUT2D eigenvalue weighted by Crippen LogP contribution is -2.21. The molecule has 0 aliphatic rings. The Morgan fingerprint density at radius 2 is 2.05 bits per heavy atom. The Hall–Kier alpha value is -2.76. The van der Waals surface area contributed by atoms with Gasteiger partial charge in [0.2, 0.25) is 0 Å². The van der Waals surface area contributed by atoms with Gasteiger partial charge in [-0.25, -0.2) is 4.79 Å². The Bertz CT molecular complexity index is 676. The highest BCUT2D eigenvalue weighted by Crippen LogP contribution is 2.17. The lowest BCUT2D eigenvalue weighted by molar-refractivity contribution is -0.118. The number of rotatable bonds is 5. The van der Waals surface area contributed by atoms with Gasteiger partial charge in [-0.2, -0.15) is 0 Å². The minimum absolute atomic E-state index is 0.0450. The fourth-order valence-corrected chi connectivity index (χ4v) is 1.90. The van der Waals surface area contributed by atoms with Crippen LogP contribution in [-0.4, -0.2) is 28.6 Å². The van der Waals surface area contributed by atoms with Crippen molar-refractivity contribution in [2.75, 3.05) is 11.9 Å². The predicted molar refractivity (Wildman–Crippen MR) is 77.8 cm³/mol. The number of aromatic carboxylic acids is 1. The molecule has 6 nitrogen and oxygen atoms in total. The van der Waals surface area contributed by atoms with Crippen LogP contribution in [0.15, 0.2) is 30.3 Å². The highest BCUT2D eigenvalue weighted by molar-refractivity contribution is 6.00. The number of ether oxygens (including phenoxy) is 1. The summed E-state index contributed by atoms with van der Waals surface area (Å²) in [6.45, 7) is 3.45. The van der Waals surface area contributed by atoms with Gasteiger partial charge >= 0.3 is 5.97 Å². The number of amides is 1. The largest absolute Gasteiger partial charge is 0.484 e. The van der Waals surface area contributed by atoms with E-state index in [9.17, 15) is 9.59 Å². The molecule has 1 heterocycles. The van der Waals surface area contributed by atoms with Crippen molar-refractivity contribution >= 4 is 17.6 Å². The fourth-order valence-electron chi connectivity index (χ4n) is 1.90. The molecule has 0 unspecified atom stereocenters. The second-order valence-electron chi connectivity index (χ2n) is 4.70. The van der Waals surface area contributed by atoms with Gasteiger partial charge < -0.3 is 20.1 Å². The number of hydrogen-bond acceptors (Lipinski definition) is 3. The van der Waals surface area contributed by atoms with Crippen molar-refractivity contribution in [2.24, 2.45) is 0 Å². The summed E-state index contributed by atoms with van der Waals surface area (Å²) in [5.74, 6) is -0.954. The molecule has 0 radical (unpaired) electrons. The molecule has 0 aliphatic carbocycles. The van der Waals surface area contributed by atoms with Gasteiger partial charge in [-0.15, -0.1) is 0 Å². The van der Waals surface area contributed by atoms with Gasteiger partial charge in [0, 0.05) is 5.69 Å². The number of H-pyrrole nitrogens is 1. The summed E-state index contributed by atoms with van der Waals surface area (Å²) in [4.78, 5) is 25.5.